The van der Waals surface area contributed by atoms with Crippen molar-refractivity contribution in [2.24, 2.45) is 0 Å². The van der Waals surface area contributed by atoms with E-state index in [9.17, 15) is 14.4 Å². The molecule has 0 fully saturated rings. The van der Waals surface area contributed by atoms with Crippen LogP contribution in [0.1, 0.15) is 329 Å². The molecule has 0 bridgehead atoms. The van der Waals surface area contributed by atoms with E-state index >= 15 is 0 Å². The van der Waals surface area contributed by atoms with Crippen molar-refractivity contribution < 1.29 is 28.6 Å². The summed E-state index contributed by atoms with van der Waals surface area (Å²) >= 11 is 0. The molecule has 75 heavy (non-hydrogen) atoms. The van der Waals surface area contributed by atoms with Crippen LogP contribution in [0, 0.1) is 0 Å². The Morgan fingerprint density at radius 1 is 0.280 bits per heavy atom. The van der Waals surface area contributed by atoms with Crippen LogP contribution < -0.4 is 0 Å². The first kappa shape index (κ1) is 71.8. The minimum Gasteiger partial charge on any atom is -0.462 e. The van der Waals surface area contributed by atoms with Crippen molar-refractivity contribution in [3.8, 4) is 0 Å². The van der Waals surface area contributed by atoms with Crippen molar-refractivity contribution in [1.82, 2.24) is 0 Å². The van der Waals surface area contributed by atoms with Gasteiger partial charge in [0.05, 0.1) is 0 Å². The van der Waals surface area contributed by atoms with E-state index in [1.54, 1.807) is 0 Å². The number of allylic oxidation sites excluding steroid dienone is 12. The summed E-state index contributed by atoms with van der Waals surface area (Å²) in [6.07, 6.45) is 82.0. The lowest BCUT2D eigenvalue weighted by Gasteiger charge is -2.18. The number of carbonyl (C=O) groups is 3. The number of esters is 3. The smallest absolute Gasteiger partial charge is 0.306 e. The molecule has 1 atom stereocenters. The van der Waals surface area contributed by atoms with Gasteiger partial charge in [0.25, 0.3) is 0 Å². The summed E-state index contributed by atoms with van der Waals surface area (Å²) in [6.45, 7) is 6.56. The number of unbranched alkanes of at least 4 members (excludes halogenated alkanes) is 36. The Hall–Kier alpha value is -3.15. The van der Waals surface area contributed by atoms with Gasteiger partial charge >= 0.3 is 17.9 Å². The standard InChI is InChI=1S/C69H122O6/c1-4-7-10-13-16-19-22-24-26-28-30-31-32-33-34-35-36-37-39-40-42-44-47-50-53-56-59-62-68(71)74-65-66(64-73-67(70)61-58-55-52-49-46-21-18-15-12-9-6-3)75-69(72)63-60-57-54-51-48-45-43-41-38-29-27-25-23-20-17-14-11-8-5-2/h7,10,16,19,24,26,30-31,33-34,36-37,66H,4-6,8-9,11-15,17-18,20-23,25,27-29,32,35,38-65H2,1-3H3/b10-7-,19-16-,26-24-,31-30-,34-33-,37-36-. The highest BCUT2D eigenvalue weighted by Gasteiger charge is 2.19. The summed E-state index contributed by atoms with van der Waals surface area (Å²) in [7, 11) is 0. The largest absolute Gasteiger partial charge is 0.462 e. The van der Waals surface area contributed by atoms with Crippen molar-refractivity contribution in [2.75, 3.05) is 13.2 Å². The van der Waals surface area contributed by atoms with Gasteiger partial charge in [-0.1, -0.05) is 312 Å². The van der Waals surface area contributed by atoms with Crippen molar-refractivity contribution >= 4 is 17.9 Å². The Morgan fingerprint density at radius 2 is 0.520 bits per heavy atom. The molecule has 0 heterocycles. The highest BCUT2D eigenvalue weighted by Crippen LogP contribution is 2.17. The van der Waals surface area contributed by atoms with Gasteiger partial charge in [-0.05, 0) is 70.6 Å². The summed E-state index contributed by atoms with van der Waals surface area (Å²) < 4.78 is 16.9. The zero-order chi connectivity index (χ0) is 54.3. The Morgan fingerprint density at radius 3 is 0.813 bits per heavy atom. The third-order valence-electron chi connectivity index (χ3n) is 14.2. The maximum atomic E-state index is 12.9. The predicted molar refractivity (Wildman–Crippen MR) is 325 cm³/mol. The molecular weight excluding hydrogens is 925 g/mol. The molecule has 434 valence electrons. The van der Waals surface area contributed by atoms with E-state index < -0.39 is 6.10 Å². The van der Waals surface area contributed by atoms with Crippen LogP contribution in [0.5, 0.6) is 0 Å². The molecule has 6 nitrogen and oxygen atoms in total. The fourth-order valence-corrected chi connectivity index (χ4v) is 9.39. The van der Waals surface area contributed by atoms with Gasteiger partial charge in [0.15, 0.2) is 6.10 Å². The third kappa shape index (κ3) is 61.6. The Balaban J connectivity index is 4.26. The Labute approximate surface area is 465 Å². The van der Waals surface area contributed by atoms with Crippen molar-refractivity contribution in [2.45, 2.75) is 335 Å². The summed E-state index contributed by atoms with van der Waals surface area (Å²) in [5, 5.41) is 0. The Kier molecular flexibility index (Phi) is 60.7. The molecule has 6 heteroatoms. The average Bonchev–Trinajstić information content (AvgIpc) is 3.41. The second-order valence-electron chi connectivity index (χ2n) is 21.7. The van der Waals surface area contributed by atoms with Crippen molar-refractivity contribution in [3.05, 3.63) is 72.9 Å². The quantitative estimate of drug-likeness (QED) is 0.0261. The molecular formula is C69H122O6. The second-order valence-corrected chi connectivity index (χ2v) is 21.7. The molecule has 0 aromatic carbocycles. The molecule has 0 N–H and O–H groups in total. The molecule has 0 amide bonds. The monoisotopic (exact) mass is 1050 g/mol. The fourth-order valence-electron chi connectivity index (χ4n) is 9.39. The fraction of sp³-hybridized carbons (Fsp3) is 0.783. The van der Waals surface area contributed by atoms with Crippen LogP contribution in [0.15, 0.2) is 72.9 Å². The normalized spacial score (nSPS) is 12.5. The maximum absolute atomic E-state index is 12.9. The van der Waals surface area contributed by atoms with Crippen LogP contribution in [0.3, 0.4) is 0 Å². The first-order chi connectivity index (χ1) is 37.0. The van der Waals surface area contributed by atoms with Crippen LogP contribution in [-0.4, -0.2) is 37.2 Å². The van der Waals surface area contributed by atoms with Gasteiger partial charge in [0.1, 0.15) is 13.2 Å². The van der Waals surface area contributed by atoms with E-state index in [0.29, 0.717) is 19.3 Å². The molecule has 0 aliphatic rings. The van der Waals surface area contributed by atoms with Gasteiger partial charge in [0.2, 0.25) is 0 Å². The number of hydrogen-bond donors (Lipinski definition) is 0. The van der Waals surface area contributed by atoms with E-state index in [1.165, 1.54) is 186 Å². The number of carbonyl (C=O) groups excluding carboxylic acids is 3. The molecule has 0 spiro atoms. The van der Waals surface area contributed by atoms with E-state index in [4.69, 9.17) is 14.2 Å². The molecule has 0 aromatic rings. The van der Waals surface area contributed by atoms with E-state index in [0.717, 1.165) is 103 Å². The van der Waals surface area contributed by atoms with Gasteiger partial charge in [-0.25, -0.2) is 0 Å². The highest BCUT2D eigenvalue weighted by atomic mass is 16.6. The van der Waals surface area contributed by atoms with Crippen LogP contribution >= 0.6 is 0 Å². The maximum Gasteiger partial charge on any atom is 0.306 e. The number of rotatable bonds is 59. The summed E-state index contributed by atoms with van der Waals surface area (Å²) in [6, 6.07) is 0. The molecule has 0 saturated heterocycles. The van der Waals surface area contributed by atoms with Crippen molar-refractivity contribution in [1.29, 1.82) is 0 Å². The van der Waals surface area contributed by atoms with Crippen LogP contribution in [0.4, 0.5) is 0 Å². The topological polar surface area (TPSA) is 78.9 Å². The number of hydrogen-bond acceptors (Lipinski definition) is 6. The molecule has 0 rings (SSSR count). The molecule has 0 aliphatic heterocycles. The minimum atomic E-state index is -0.776. The number of ether oxygens (including phenoxy) is 3. The van der Waals surface area contributed by atoms with Crippen LogP contribution in [0.2, 0.25) is 0 Å². The average molecular weight is 1050 g/mol. The van der Waals surface area contributed by atoms with Crippen LogP contribution in [-0.2, 0) is 28.6 Å². The summed E-state index contributed by atoms with van der Waals surface area (Å²) in [5.74, 6) is -0.864. The predicted octanol–water partition coefficient (Wildman–Crippen LogP) is 22.1. The third-order valence-corrected chi connectivity index (χ3v) is 14.2. The SMILES string of the molecule is CC/C=C\C/C=C\C/C=C\C/C=C\C/C=C\C/C=C\CCCCCCCCCCC(=O)OCC(COC(=O)CCCCCCCCCCCCC)OC(=O)CCCCCCCCCCCCCCCCCCCCC. The highest BCUT2D eigenvalue weighted by molar-refractivity contribution is 5.71. The van der Waals surface area contributed by atoms with Gasteiger partial charge in [-0.2, -0.15) is 0 Å². The van der Waals surface area contributed by atoms with E-state index in [1.807, 2.05) is 0 Å². The lowest BCUT2D eigenvalue weighted by atomic mass is 10.0. The first-order valence-corrected chi connectivity index (χ1v) is 32.4. The molecule has 0 saturated carbocycles. The lowest BCUT2D eigenvalue weighted by molar-refractivity contribution is -0.167. The zero-order valence-corrected chi connectivity index (χ0v) is 49.8. The summed E-state index contributed by atoms with van der Waals surface area (Å²) in [5.41, 5.74) is 0. The zero-order valence-electron chi connectivity index (χ0n) is 49.8. The second kappa shape index (κ2) is 63.4. The molecule has 0 aliphatic carbocycles. The Bertz CT molecular complexity index is 1390. The first-order valence-electron chi connectivity index (χ1n) is 32.4. The lowest BCUT2D eigenvalue weighted by Crippen LogP contribution is -2.30. The van der Waals surface area contributed by atoms with Gasteiger partial charge in [-0.3, -0.25) is 14.4 Å². The minimum absolute atomic E-state index is 0.0729. The molecule has 0 aromatic heterocycles. The van der Waals surface area contributed by atoms with E-state index in [-0.39, 0.29) is 31.1 Å². The molecule has 1 unspecified atom stereocenters. The van der Waals surface area contributed by atoms with Gasteiger partial charge < -0.3 is 14.2 Å². The summed E-state index contributed by atoms with van der Waals surface area (Å²) in [4.78, 5) is 38.3. The van der Waals surface area contributed by atoms with Gasteiger partial charge in [0, 0.05) is 19.3 Å². The van der Waals surface area contributed by atoms with Gasteiger partial charge in [-0.15, -0.1) is 0 Å². The molecule has 0 radical (unpaired) electrons. The van der Waals surface area contributed by atoms with Crippen LogP contribution in [0.25, 0.3) is 0 Å². The van der Waals surface area contributed by atoms with E-state index in [2.05, 4.69) is 93.7 Å². The van der Waals surface area contributed by atoms with Crippen molar-refractivity contribution in [3.63, 3.8) is 0 Å².